The number of aromatic nitrogens is 5. The Morgan fingerprint density at radius 2 is 2.00 bits per heavy atom. The summed E-state index contributed by atoms with van der Waals surface area (Å²) in [5, 5.41) is 12.6. The Morgan fingerprint density at radius 3 is 2.70 bits per heavy atom. The van der Waals surface area contributed by atoms with Gasteiger partial charge in [-0.05, 0) is 19.4 Å². The summed E-state index contributed by atoms with van der Waals surface area (Å²) >= 11 is 0. The molecule has 0 aliphatic heterocycles. The smallest absolute Gasteiger partial charge is 0.167 e. The molecule has 5 nitrogen and oxygen atoms in total. The summed E-state index contributed by atoms with van der Waals surface area (Å²) in [6.07, 6.45) is 5.61. The van der Waals surface area contributed by atoms with Gasteiger partial charge in [-0.2, -0.15) is 5.10 Å². The van der Waals surface area contributed by atoms with Gasteiger partial charge in [0.25, 0.3) is 0 Å². The summed E-state index contributed by atoms with van der Waals surface area (Å²) in [6, 6.07) is 10.5. The van der Waals surface area contributed by atoms with E-state index in [0.717, 1.165) is 17.9 Å². The van der Waals surface area contributed by atoms with Crippen molar-refractivity contribution < 1.29 is 0 Å². The lowest BCUT2D eigenvalue weighted by Gasteiger charge is -2.15. The molecule has 0 spiro atoms. The topological polar surface area (TPSA) is 48.5 Å². The zero-order valence-corrected chi connectivity index (χ0v) is 11.6. The largest absolute Gasteiger partial charge is 0.306 e. The Morgan fingerprint density at radius 1 is 1.20 bits per heavy atom. The van der Waals surface area contributed by atoms with Crippen LogP contribution in [0.2, 0.25) is 0 Å². The van der Waals surface area contributed by atoms with Crippen molar-refractivity contribution in [3.8, 4) is 11.4 Å². The van der Waals surface area contributed by atoms with E-state index in [2.05, 4.69) is 45.8 Å². The number of hydrogen-bond donors (Lipinski definition) is 0. The van der Waals surface area contributed by atoms with Gasteiger partial charge in [-0.1, -0.05) is 30.3 Å². The molecule has 0 saturated heterocycles. The molecule has 102 valence electrons. The number of rotatable bonds is 4. The molecule has 0 saturated carbocycles. The van der Waals surface area contributed by atoms with Crippen LogP contribution in [0.25, 0.3) is 11.4 Å². The van der Waals surface area contributed by atoms with Gasteiger partial charge in [0.2, 0.25) is 0 Å². The standard InChI is InChI=1S/C15H17N5/c1-3-19-10-14(9-17-19)15-18-16-11-20(15)12(2)13-7-5-4-6-8-13/h4-12H,3H2,1-2H3/t12-/m0/s1. The lowest BCUT2D eigenvalue weighted by atomic mass is 10.1. The molecule has 0 N–H and O–H groups in total. The third-order valence-corrected chi connectivity index (χ3v) is 3.49. The van der Waals surface area contributed by atoms with E-state index < -0.39 is 0 Å². The van der Waals surface area contributed by atoms with Gasteiger partial charge in [0.05, 0.1) is 17.8 Å². The van der Waals surface area contributed by atoms with Crippen LogP contribution in [-0.4, -0.2) is 24.5 Å². The van der Waals surface area contributed by atoms with Crippen LogP contribution in [0.5, 0.6) is 0 Å². The summed E-state index contributed by atoms with van der Waals surface area (Å²) in [5.41, 5.74) is 2.23. The van der Waals surface area contributed by atoms with Crippen LogP contribution in [0.15, 0.2) is 49.1 Å². The number of nitrogens with zero attached hydrogens (tertiary/aromatic N) is 5. The molecule has 0 aliphatic rings. The predicted octanol–water partition coefficient (Wildman–Crippen LogP) is 2.77. The van der Waals surface area contributed by atoms with E-state index in [4.69, 9.17) is 0 Å². The third kappa shape index (κ3) is 2.22. The molecule has 2 aromatic heterocycles. The second-order valence-electron chi connectivity index (χ2n) is 4.73. The molecule has 0 fully saturated rings. The second kappa shape index (κ2) is 5.28. The Labute approximate surface area is 117 Å². The molecule has 3 rings (SSSR count). The first-order valence-electron chi connectivity index (χ1n) is 6.77. The molecule has 0 unspecified atom stereocenters. The van der Waals surface area contributed by atoms with Gasteiger partial charge in [0.1, 0.15) is 6.33 Å². The molecule has 5 heteroatoms. The first-order chi connectivity index (χ1) is 9.79. The predicted molar refractivity (Wildman–Crippen MR) is 77.2 cm³/mol. The van der Waals surface area contributed by atoms with Crippen LogP contribution in [0, 0.1) is 0 Å². The highest BCUT2D eigenvalue weighted by Crippen LogP contribution is 2.24. The van der Waals surface area contributed by atoms with Gasteiger partial charge >= 0.3 is 0 Å². The number of hydrogen-bond acceptors (Lipinski definition) is 3. The maximum Gasteiger partial charge on any atom is 0.167 e. The highest BCUT2D eigenvalue weighted by Gasteiger charge is 2.15. The SMILES string of the molecule is CCn1cc(-c2nncn2[C@@H](C)c2ccccc2)cn1. The van der Waals surface area contributed by atoms with E-state index in [9.17, 15) is 0 Å². The van der Waals surface area contributed by atoms with E-state index in [1.54, 1.807) is 6.33 Å². The van der Waals surface area contributed by atoms with Crippen LogP contribution in [0.1, 0.15) is 25.5 Å². The van der Waals surface area contributed by atoms with Gasteiger partial charge in [0.15, 0.2) is 5.82 Å². The van der Waals surface area contributed by atoms with E-state index in [1.165, 1.54) is 5.56 Å². The lowest BCUT2D eigenvalue weighted by molar-refractivity contribution is 0.642. The van der Waals surface area contributed by atoms with Crippen LogP contribution >= 0.6 is 0 Å². The summed E-state index contributed by atoms with van der Waals surface area (Å²) in [5.74, 6) is 0.848. The molecule has 20 heavy (non-hydrogen) atoms. The van der Waals surface area contributed by atoms with Crippen molar-refractivity contribution in [2.45, 2.75) is 26.4 Å². The Hall–Kier alpha value is -2.43. The lowest BCUT2D eigenvalue weighted by Crippen LogP contribution is -2.07. The minimum absolute atomic E-state index is 0.186. The van der Waals surface area contributed by atoms with Gasteiger partial charge in [-0.15, -0.1) is 10.2 Å². The van der Waals surface area contributed by atoms with Crippen molar-refractivity contribution in [1.82, 2.24) is 24.5 Å². The summed E-state index contributed by atoms with van der Waals surface area (Å²) in [4.78, 5) is 0. The van der Waals surface area contributed by atoms with Crippen molar-refractivity contribution in [2.24, 2.45) is 0 Å². The molecule has 0 radical (unpaired) electrons. The maximum absolute atomic E-state index is 4.30. The quantitative estimate of drug-likeness (QED) is 0.730. The summed E-state index contributed by atoms with van der Waals surface area (Å²) < 4.78 is 3.97. The molecule has 0 aliphatic carbocycles. The molecule has 1 atom stereocenters. The third-order valence-electron chi connectivity index (χ3n) is 3.49. The van der Waals surface area contributed by atoms with Crippen molar-refractivity contribution >= 4 is 0 Å². The number of aryl methyl sites for hydroxylation is 1. The van der Waals surface area contributed by atoms with Crippen LogP contribution in [0.3, 0.4) is 0 Å². The van der Waals surface area contributed by atoms with Gasteiger partial charge in [0, 0.05) is 12.7 Å². The highest BCUT2D eigenvalue weighted by molar-refractivity contribution is 5.52. The monoisotopic (exact) mass is 267 g/mol. The van der Waals surface area contributed by atoms with Crippen molar-refractivity contribution in [1.29, 1.82) is 0 Å². The first-order valence-corrected chi connectivity index (χ1v) is 6.77. The van der Waals surface area contributed by atoms with E-state index >= 15 is 0 Å². The molecule has 2 heterocycles. The fourth-order valence-electron chi connectivity index (χ4n) is 2.28. The van der Waals surface area contributed by atoms with E-state index in [1.807, 2.05) is 35.3 Å². The Kier molecular flexibility index (Phi) is 3.33. The van der Waals surface area contributed by atoms with Crippen LogP contribution < -0.4 is 0 Å². The summed E-state index contributed by atoms with van der Waals surface area (Å²) in [7, 11) is 0. The average Bonchev–Trinajstić information content (AvgIpc) is 3.15. The average molecular weight is 267 g/mol. The van der Waals surface area contributed by atoms with Crippen molar-refractivity contribution in [3.63, 3.8) is 0 Å². The summed E-state index contributed by atoms with van der Waals surface area (Å²) in [6.45, 7) is 5.06. The molecule has 0 bridgehead atoms. The fourth-order valence-corrected chi connectivity index (χ4v) is 2.28. The Bertz CT molecular complexity index is 683. The van der Waals surface area contributed by atoms with Crippen molar-refractivity contribution in [2.75, 3.05) is 0 Å². The zero-order chi connectivity index (χ0) is 13.9. The maximum atomic E-state index is 4.30. The molecular formula is C15H17N5. The van der Waals surface area contributed by atoms with Crippen molar-refractivity contribution in [3.05, 3.63) is 54.6 Å². The molecule has 3 aromatic rings. The van der Waals surface area contributed by atoms with E-state index in [-0.39, 0.29) is 6.04 Å². The van der Waals surface area contributed by atoms with E-state index in [0.29, 0.717) is 0 Å². The van der Waals surface area contributed by atoms with Crippen LogP contribution in [-0.2, 0) is 6.54 Å². The van der Waals surface area contributed by atoms with Gasteiger partial charge < -0.3 is 4.57 Å². The normalized spacial score (nSPS) is 12.5. The van der Waals surface area contributed by atoms with Gasteiger partial charge in [-0.3, -0.25) is 4.68 Å². The molecular weight excluding hydrogens is 250 g/mol. The molecule has 1 aromatic carbocycles. The van der Waals surface area contributed by atoms with Gasteiger partial charge in [-0.25, -0.2) is 0 Å². The minimum atomic E-state index is 0.186. The highest BCUT2D eigenvalue weighted by atomic mass is 15.3. The Balaban J connectivity index is 1.98. The number of benzene rings is 1. The first kappa shape index (κ1) is 12.6. The zero-order valence-electron chi connectivity index (χ0n) is 11.6. The fraction of sp³-hybridized carbons (Fsp3) is 0.267. The minimum Gasteiger partial charge on any atom is -0.306 e. The van der Waals surface area contributed by atoms with Crippen LogP contribution in [0.4, 0.5) is 0 Å². The molecule has 0 amide bonds. The second-order valence-corrected chi connectivity index (χ2v) is 4.73.